The van der Waals surface area contributed by atoms with E-state index >= 15 is 0 Å². The van der Waals surface area contributed by atoms with Crippen LogP contribution < -0.4 is 10.5 Å². The zero-order valence-corrected chi connectivity index (χ0v) is 19.8. The number of thioether (sulfide) groups is 1. The molecule has 10 heteroatoms. The Morgan fingerprint density at radius 1 is 1.24 bits per heavy atom. The molecule has 0 saturated heterocycles. The molecule has 0 aliphatic rings. The molecule has 4 aromatic rings. The maximum absolute atomic E-state index is 13.2. The Balaban J connectivity index is 1.59. The maximum Gasteiger partial charge on any atom is 0.269 e. The predicted molar refractivity (Wildman–Crippen MR) is 137 cm³/mol. The molecule has 0 fully saturated rings. The van der Waals surface area contributed by atoms with Crippen LogP contribution >= 0.6 is 23.1 Å². The molecule has 8 nitrogen and oxygen atoms in total. The fourth-order valence-corrected chi connectivity index (χ4v) is 5.31. The van der Waals surface area contributed by atoms with Gasteiger partial charge in [0.25, 0.3) is 11.2 Å². The molecular formula is C24H20N4O4S2. The first-order valence-corrected chi connectivity index (χ1v) is 12.0. The first-order valence-electron chi connectivity index (χ1n) is 10.2. The number of hydrogen-bond acceptors (Lipinski definition) is 7. The van der Waals surface area contributed by atoms with Crippen molar-refractivity contribution >= 4 is 50.6 Å². The molecule has 4 rings (SSSR count). The van der Waals surface area contributed by atoms with E-state index in [4.69, 9.17) is 0 Å². The highest BCUT2D eigenvalue weighted by Gasteiger charge is 2.18. The lowest BCUT2D eigenvalue weighted by atomic mass is 10.2. The summed E-state index contributed by atoms with van der Waals surface area (Å²) in [7, 11) is 1.60. The van der Waals surface area contributed by atoms with E-state index in [-0.39, 0.29) is 29.5 Å². The number of nitrogens with zero attached hydrogens (tertiary/aromatic N) is 4. The molecule has 0 spiro atoms. The lowest BCUT2D eigenvalue weighted by molar-refractivity contribution is -0.384. The minimum absolute atomic E-state index is 0.0412. The van der Waals surface area contributed by atoms with Crippen LogP contribution in [0, 0.1) is 10.1 Å². The predicted octanol–water partition coefficient (Wildman–Crippen LogP) is 4.97. The van der Waals surface area contributed by atoms with Crippen molar-refractivity contribution in [3.63, 3.8) is 0 Å². The van der Waals surface area contributed by atoms with Gasteiger partial charge in [-0.3, -0.25) is 24.3 Å². The third-order valence-corrected chi connectivity index (χ3v) is 7.17. The van der Waals surface area contributed by atoms with E-state index < -0.39 is 4.92 Å². The van der Waals surface area contributed by atoms with Gasteiger partial charge >= 0.3 is 0 Å². The average Bonchev–Trinajstić information content (AvgIpc) is 3.29. The molecule has 0 N–H and O–H groups in total. The Labute approximate surface area is 203 Å². The molecule has 2 aromatic carbocycles. The number of hydrogen-bond donors (Lipinski definition) is 0. The second-order valence-corrected chi connectivity index (χ2v) is 9.28. The SMILES string of the molecule is C=CCn1c(SCC(=O)N(C)c2ccc([N+](=O)[O-])cc2)nc2sc(-c3ccccc3)cc2c1=O. The average molecular weight is 493 g/mol. The molecule has 172 valence electrons. The minimum Gasteiger partial charge on any atom is -0.315 e. The summed E-state index contributed by atoms with van der Waals surface area (Å²) in [6.07, 6.45) is 1.62. The molecular weight excluding hydrogens is 472 g/mol. The normalized spacial score (nSPS) is 10.9. The van der Waals surface area contributed by atoms with E-state index in [1.54, 1.807) is 13.1 Å². The molecule has 0 aliphatic carbocycles. The summed E-state index contributed by atoms with van der Waals surface area (Å²) in [5, 5.41) is 11.8. The van der Waals surface area contributed by atoms with Crippen molar-refractivity contribution in [2.45, 2.75) is 11.7 Å². The molecule has 0 unspecified atom stereocenters. The first kappa shape index (κ1) is 23.4. The number of carbonyl (C=O) groups excluding carboxylic acids is 1. The van der Waals surface area contributed by atoms with E-state index in [0.29, 0.717) is 21.1 Å². The monoisotopic (exact) mass is 492 g/mol. The fourth-order valence-electron chi connectivity index (χ4n) is 3.31. The number of nitro benzene ring substituents is 1. The van der Waals surface area contributed by atoms with E-state index in [1.165, 1.54) is 56.8 Å². The highest BCUT2D eigenvalue weighted by Crippen LogP contribution is 2.32. The second kappa shape index (κ2) is 10.0. The Kier molecular flexibility index (Phi) is 6.90. The summed E-state index contributed by atoms with van der Waals surface area (Å²) < 4.78 is 1.51. The lowest BCUT2D eigenvalue weighted by Crippen LogP contribution is -2.28. The topological polar surface area (TPSA) is 98.3 Å². The van der Waals surface area contributed by atoms with Crippen LogP contribution in [-0.2, 0) is 11.3 Å². The Hall–Kier alpha value is -3.76. The number of benzene rings is 2. The van der Waals surface area contributed by atoms with Crippen molar-refractivity contribution in [2.75, 3.05) is 17.7 Å². The van der Waals surface area contributed by atoms with Gasteiger partial charge in [-0.05, 0) is 23.8 Å². The van der Waals surface area contributed by atoms with Gasteiger partial charge in [0, 0.05) is 36.3 Å². The van der Waals surface area contributed by atoms with Gasteiger partial charge in [-0.15, -0.1) is 17.9 Å². The Morgan fingerprint density at radius 2 is 1.94 bits per heavy atom. The number of aromatic nitrogens is 2. The molecule has 1 amide bonds. The second-order valence-electron chi connectivity index (χ2n) is 7.31. The van der Waals surface area contributed by atoms with Gasteiger partial charge < -0.3 is 4.90 Å². The third kappa shape index (κ3) is 4.78. The quantitative estimate of drug-likeness (QED) is 0.113. The maximum atomic E-state index is 13.2. The first-order chi connectivity index (χ1) is 16.4. The number of rotatable bonds is 8. The minimum atomic E-state index is -0.490. The van der Waals surface area contributed by atoms with E-state index in [2.05, 4.69) is 11.6 Å². The summed E-state index contributed by atoms with van der Waals surface area (Å²) in [6.45, 7) is 4.01. The summed E-state index contributed by atoms with van der Waals surface area (Å²) in [4.78, 5) is 44.0. The number of nitro groups is 1. The van der Waals surface area contributed by atoms with Crippen LogP contribution in [0.2, 0.25) is 0 Å². The number of allylic oxidation sites excluding steroid dienone is 1. The van der Waals surface area contributed by atoms with Gasteiger partial charge in [0.05, 0.1) is 16.1 Å². The third-order valence-electron chi connectivity index (χ3n) is 5.13. The van der Waals surface area contributed by atoms with Crippen LogP contribution in [0.5, 0.6) is 0 Å². The largest absolute Gasteiger partial charge is 0.315 e. The fraction of sp³-hybridized carbons (Fsp3) is 0.125. The molecule has 0 aliphatic heterocycles. The number of non-ortho nitro benzene ring substituents is 1. The van der Waals surface area contributed by atoms with Crippen molar-refractivity contribution in [3.05, 3.63) is 93.8 Å². The summed E-state index contributed by atoms with van der Waals surface area (Å²) >= 11 is 2.60. The summed E-state index contributed by atoms with van der Waals surface area (Å²) in [6, 6.07) is 17.4. The molecule has 0 atom stereocenters. The number of fused-ring (bicyclic) bond motifs is 1. The summed E-state index contributed by atoms with van der Waals surface area (Å²) in [5.41, 5.74) is 1.32. The number of thiophene rings is 1. The van der Waals surface area contributed by atoms with Gasteiger partial charge in [-0.25, -0.2) is 4.98 Å². The molecule has 0 bridgehead atoms. The van der Waals surface area contributed by atoms with Gasteiger partial charge in [0.2, 0.25) is 5.91 Å². The molecule has 34 heavy (non-hydrogen) atoms. The van der Waals surface area contributed by atoms with Crippen molar-refractivity contribution in [1.82, 2.24) is 9.55 Å². The zero-order valence-electron chi connectivity index (χ0n) is 18.2. The Morgan fingerprint density at radius 3 is 2.59 bits per heavy atom. The van der Waals surface area contributed by atoms with Gasteiger partial charge in [0.1, 0.15) is 4.83 Å². The Bertz CT molecular complexity index is 1430. The molecule has 2 aromatic heterocycles. The smallest absolute Gasteiger partial charge is 0.269 e. The van der Waals surface area contributed by atoms with Crippen LogP contribution in [0.3, 0.4) is 0 Å². The molecule has 0 saturated carbocycles. The van der Waals surface area contributed by atoms with Crippen molar-refractivity contribution in [2.24, 2.45) is 0 Å². The van der Waals surface area contributed by atoms with E-state index in [9.17, 15) is 19.7 Å². The standard InChI is InChI=1S/C24H20N4O4S2/c1-3-13-27-23(30)19-14-20(16-7-5-4-6-8-16)34-22(19)25-24(27)33-15-21(29)26(2)17-9-11-18(12-10-17)28(31)32/h3-12,14H,1,13,15H2,2H3. The number of carbonyl (C=O) groups is 1. The van der Waals surface area contributed by atoms with Crippen LogP contribution in [0.25, 0.3) is 20.7 Å². The van der Waals surface area contributed by atoms with Gasteiger partial charge in [-0.1, -0.05) is 48.2 Å². The highest BCUT2D eigenvalue weighted by molar-refractivity contribution is 7.99. The molecule has 2 heterocycles. The number of amides is 1. The van der Waals surface area contributed by atoms with Gasteiger partial charge in [-0.2, -0.15) is 0 Å². The lowest BCUT2D eigenvalue weighted by Gasteiger charge is -2.17. The van der Waals surface area contributed by atoms with E-state index in [1.807, 2.05) is 36.4 Å². The number of anilines is 1. The van der Waals surface area contributed by atoms with Crippen LogP contribution in [0.1, 0.15) is 0 Å². The van der Waals surface area contributed by atoms with Crippen molar-refractivity contribution < 1.29 is 9.72 Å². The van der Waals surface area contributed by atoms with Crippen molar-refractivity contribution in [3.8, 4) is 10.4 Å². The van der Waals surface area contributed by atoms with Crippen LogP contribution in [0.4, 0.5) is 11.4 Å². The zero-order chi connectivity index (χ0) is 24.2. The summed E-state index contributed by atoms with van der Waals surface area (Å²) in [5.74, 6) is -0.186. The van der Waals surface area contributed by atoms with E-state index in [0.717, 1.165) is 10.4 Å². The van der Waals surface area contributed by atoms with Gasteiger partial charge in [0.15, 0.2) is 5.16 Å². The highest BCUT2D eigenvalue weighted by atomic mass is 32.2. The van der Waals surface area contributed by atoms with Crippen molar-refractivity contribution in [1.29, 1.82) is 0 Å². The van der Waals surface area contributed by atoms with Crippen LogP contribution in [-0.4, -0.2) is 33.2 Å². The van der Waals surface area contributed by atoms with Crippen LogP contribution in [0.15, 0.2) is 83.3 Å². The molecule has 0 radical (unpaired) electrons.